The van der Waals surface area contributed by atoms with E-state index in [9.17, 15) is 9.18 Å². The van der Waals surface area contributed by atoms with Crippen molar-refractivity contribution in [2.24, 2.45) is 0 Å². The molecular weight excluding hydrogens is 349 g/mol. The first-order valence-corrected chi connectivity index (χ1v) is 8.11. The van der Waals surface area contributed by atoms with E-state index in [4.69, 9.17) is 9.47 Å². The number of pyridine rings is 1. The minimum Gasteiger partial charge on any atom is -0.493 e. The minimum atomic E-state index is -0.403. The van der Waals surface area contributed by atoms with E-state index < -0.39 is 5.82 Å². The average molecular weight is 367 g/mol. The highest BCUT2D eigenvalue weighted by atomic mass is 19.1. The van der Waals surface area contributed by atoms with Crippen LogP contribution >= 0.6 is 0 Å². The highest BCUT2D eigenvalue weighted by Gasteiger charge is 2.11. The number of methoxy groups -OCH3 is 2. The number of carbonyl (C=O) groups excluding carboxylic acids is 1. The Morgan fingerprint density at radius 3 is 2.52 bits per heavy atom. The molecule has 3 aromatic rings. The molecule has 7 heteroatoms. The second-order valence-corrected chi connectivity index (χ2v) is 5.56. The van der Waals surface area contributed by atoms with Crippen LogP contribution in [0, 0.1) is 5.82 Å². The van der Waals surface area contributed by atoms with Crippen molar-refractivity contribution in [1.29, 1.82) is 0 Å². The summed E-state index contributed by atoms with van der Waals surface area (Å²) in [5.41, 5.74) is 1.21. The molecular formula is C20H18FN3O3. The van der Waals surface area contributed by atoms with Gasteiger partial charge in [-0.05, 0) is 36.4 Å². The van der Waals surface area contributed by atoms with E-state index in [-0.39, 0.29) is 11.6 Å². The normalized spacial score (nSPS) is 10.2. The maximum Gasteiger partial charge on any atom is 0.255 e. The van der Waals surface area contributed by atoms with Crippen LogP contribution in [0.25, 0.3) is 0 Å². The number of aromatic nitrogens is 1. The molecule has 0 unspecified atom stereocenters. The lowest BCUT2D eigenvalue weighted by atomic mass is 10.2. The van der Waals surface area contributed by atoms with E-state index in [1.165, 1.54) is 26.5 Å². The van der Waals surface area contributed by atoms with Crippen molar-refractivity contribution in [2.45, 2.75) is 0 Å². The number of benzene rings is 2. The van der Waals surface area contributed by atoms with Gasteiger partial charge in [0.15, 0.2) is 11.5 Å². The molecule has 0 bridgehead atoms. The van der Waals surface area contributed by atoms with E-state index in [1.54, 1.807) is 48.5 Å². The maximum atomic E-state index is 13.8. The number of hydrogen-bond acceptors (Lipinski definition) is 5. The summed E-state index contributed by atoms with van der Waals surface area (Å²) >= 11 is 0. The molecule has 0 saturated carbocycles. The Bertz CT molecular complexity index is 963. The van der Waals surface area contributed by atoms with Crippen molar-refractivity contribution in [2.75, 3.05) is 24.9 Å². The fraction of sp³-hybridized carbons (Fsp3) is 0.100. The van der Waals surface area contributed by atoms with Gasteiger partial charge in [0, 0.05) is 23.5 Å². The van der Waals surface area contributed by atoms with Gasteiger partial charge in [-0.1, -0.05) is 12.1 Å². The standard InChI is InChI=1S/C20H18FN3O3/c1-26-17-8-7-14(12-18(17)27-2)23-20(25)13-9-10-22-19(11-13)24-16-6-4-3-5-15(16)21/h3-12H,1-2H3,(H,22,24)(H,23,25). The topological polar surface area (TPSA) is 72.5 Å². The molecule has 1 heterocycles. The third-order valence-corrected chi connectivity index (χ3v) is 3.80. The Morgan fingerprint density at radius 2 is 1.78 bits per heavy atom. The van der Waals surface area contributed by atoms with Gasteiger partial charge in [0.1, 0.15) is 11.6 Å². The molecule has 1 amide bonds. The molecule has 1 aromatic heterocycles. The van der Waals surface area contributed by atoms with Gasteiger partial charge in [-0.3, -0.25) is 4.79 Å². The van der Waals surface area contributed by atoms with Crippen LogP contribution in [0.15, 0.2) is 60.8 Å². The van der Waals surface area contributed by atoms with Gasteiger partial charge in [0.25, 0.3) is 5.91 Å². The molecule has 6 nitrogen and oxygen atoms in total. The number of amides is 1. The second-order valence-electron chi connectivity index (χ2n) is 5.56. The lowest BCUT2D eigenvalue weighted by molar-refractivity contribution is 0.102. The smallest absolute Gasteiger partial charge is 0.255 e. The number of nitrogens with one attached hydrogen (secondary N) is 2. The minimum absolute atomic E-state index is 0.280. The van der Waals surface area contributed by atoms with Crippen LogP contribution in [-0.4, -0.2) is 25.1 Å². The van der Waals surface area contributed by atoms with Crippen LogP contribution in [0.2, 0.25) is 0 Å². The Balaban J connectivity index is 1.77. The third kappa shape index (κ3) is 4.33. The Hall–Kier alpha value is -3.61. The summed E-state index contributed by atoms with van der Waals surface area (Å²) in [6.07, 6.45) is 1.48. The number of hydrogen-bond donors (Lipinski definition) is 2. The quantitative estimate of drug-likeness (QED) is 0.682. The van der Waals surface area contributed by atoms with Gasteiger partial charge < -0.3 is 20.1 Å². The van der Waals surface area contributed by atoms with Gasteiger partial charge in [0.2, 0.25) is 0 Å². The van der Waals surface area contributed by atoms with Crippen molar-refractivity contribution in [3.05, 3.63) is 72.2 Å². The predicted molar refractivity (Wildman–Crippen MR) is 101 cm³/mol. The molecule has 0 spiro atoms. The summed E-state index contributed by atoms with van der Waals surface area (Å²) in [6.45, 7) is 0. The van der Waals surface area contributed by atoms with Crippen molar-refractivity contribution in [3.8, 4) is 11.5 Å². The van der Waals surface area contributed by atoms with Crippen LogP contribution in [-0.2, 0) is 0 Å². The van der Waals surface area contributed by atoms with Crippen LogP contribution in [0.3, 0.4) is 0 Å². The fourth-order valence-electron chi connectivity index (χ4n) is 2.46. The van der Waals surface area contributed by atoms with E-state index in [0.717, 1.165) is 0 Å². The first-order chi connectivity index (χ1) is 13.1. The first kappa shape index (κ1) is 18.2. The zero-order valence-electron chi connectivity index (χ0n) is 14.8. The number of rotatable bonds is 6. The van der Waals surface area contributed by atoms with Crippen molar-refractivity contribution in [3.63, 3.8) is 0 Å². The zero-order chi connectivity index (χ0) is 19.2. The fourth-order valence-corrected chi connectivity index (χ4v) is 2.46. The summed E-state index contributed by atoms with van der Waals surface area (Å²) in [5.74, 6) is 0.698. The molecule has 0 aliphatic heterocycles. The van der Waals surface area contributed by atoms with E-state index in [0.29, 0.717) is 28.6 Å². The lowest BCUT2D eigenvalue weighted by Crippen LogP contribution is -2.12. The van der Waals surface area contributed by atoms with Crippen molar-refractivity contribution >= 4 is 23.1 Å². The Morgan fingerprint density at radius 1 is 1.00 bits per heavy atom. The first-order valence-electron chi connectivity index (χ1n) is 8.11. The maximum absolute atomic E-state index is 13.8. The number of halogens is 1. The molecule has 3 rings (SSSR count). The number of ether oxygens (including phenoxy) is 2. The highest BCUT2D eigenvalue weighted by Crippen LogP contribution is 2.30. The molecule has 0 atom stereocenters. The molecule has 138 valence electrons. The van der Waals surface area contributed by atoms with E-state index >= 15 is 0 Å². The number of para-hydroxylation sites is 1. The predicted octanol–water partition coefficient (Wildman–Crippen LogP) is 4.23. The SMILES string of the molecule is COc1ccc(NC(=O)c2ccnc(Nc3ccccc3F)c2)cc1OC. The third-order valence-electron chi connectivity index (χ3n) is 3.80. The Labute approximate surface area is 156 Å². The molecule has 2 N–H and O–H groups in total. The zero-order valence-corrected chi connectivity index (χ0v) is 14.8. The van der Waals surface area contributed by atoms with Crippen LogP contribution in [0.5, 0.6) is 11.5 Å². The largest absolute Gasteiger partial charge is 0.493 e. The van der Waals surface area contributed by atoms with Crippen molar-refractivity contribution < 1.29 is 18.7 Å². The molecule has 0 aliphatic carbocycles. The second kappa shape index (κ2) is 8.18. The monoisotopic (exact) mass is 367 g/mol. The molecule has 27 heavy (non-hydrogen) atoms. The molecule has 0 fully saturated rings. The summed E-state index contributed by atoms with van der Waals surface area (Å²) in [6, 6.07) is 14.4. The molecule has 0 radical (unpaired) electrons. The van der Waals surface area contributed by atoms with Crippen LogP contribution < -0.4 is 20.1 Å². The van der Waals surface area contributed by atoms with E-state index in [1.807, 2.05) is 0 Å². The van der Waals surface area contributed by atoms with Crippen LogP contribution in [0.4, 0.5) is 21.6 Å². The number of anilines is 3. The lowest BCUT2D eigenvalue weighted by Gasteiger charge is -2.11. The summed E-state index contributed by atoms with van der Waals surface area (Å²) in [4.78, 5) is 16.6. The van der Waals surface area contributed by atoms with Gasteiger partial charge >= 0.3 is 0 Å². The molecule has 0 aliphatic rings. The molecule has 0 saturated heterocycles. The highest BCUT2D eigenvalue weighted by molar-refractivity contribution is 6.04. The van der Waals surface area contributed by atoms with Gasteiger partial charge in [-0.25, -0.2) is 9.37 Å². The summed E-state index contributed by atoms with van der Waals surface area (Å²) in [5, 5.41) is 5.64. The number of carbonyl (C=O) groups is 1. The van der Waals surface area contributed by atoms with Gasteiger partial charge in [-0.15, -0.1) is 0 Å². The van der Waals surface area contributed by atoms with E-state index in [2.05, 4.69) is 15.6 Å². The Kier molecular flexibility index (Phi) is 5.51. The van der Waals surface area contributed by atoms with Gasteiger partial charge in [0.05, 0.1) is 19.9 Å². The summed E-state index contributed by atoms with van der Waals surface area (Å²) in [7, 11) is 3.06. The summed E-state index contributed by atoms with van der Waals surface area (Å²) < 4.78 is 24.2. The van der Waals surface area contributed by atoms with Gasteiger partial charge in [-0.2, -0.15) is 0 Å². The number of nitrogens with zero attached hydrogens (tertiary/aromatic N) is 1. The molecule has 2 aromatic carbocycles. The van der Waals surface area contributed by atoms with Crippen LogP contribution in [0.1, 0.15) is 10.4 Å². The van der Waals surface area contributed by atoms with Crippen molar-refractivity contribution in [1.82, 2.24) is 4.98 Å². The average Bonchev–Trinajstić information content (AvgIpc) is 2.70.